The second-order valence-corrected chi connectivity index (χ2v) is 13.1. The molecule has 2 aliphatic heterocycles. The zero-order chi connectivity index (χ0) is 26.8. The van der Waals surface area contributed by atoms with Crippen LogP contribution in [-0.4, -0.2) is 61.6 Å². The summed E-state index contributed by atoms with van der Waals surface area (Å²) in [4.78, 5) is 42.8. The molecule has 37 heavy (non-hydrogen) atoms. The number of Topliss-reactive ketones (excluding diaryl/α,β-unsaturated/α-hetero) is 1. The lowest BCUT2D eigenvalue weighted by molar-refractivity contribution is -0.188. The van der Waals surface area contributed by atoms with Crippen molar-refractivity contribution in [3.05, 3.63) is 0 Å². The largest absolute Gasteiger partial charge is 0.445 e. The third-order valence-electron chi connectivity index (χ3n) is 11.6. The van der Waals surface area contributed by atoms with Crippen molar-refractivity contribution in [2.75, 3.05) is 26.7 Å². The SMILES string of the molecule is CC#C[C@]1(C)C[C@@H](OC(=O)NC(=O)[C@H]2CN3CC[C@H]2C3)[C@@]2(C)C3[C@H](OC)CCC3(CC[C@H]2C)[C@@H](C)C1=O. The molecule has 5 aliphatic rings. The molecule has 4 bridgehead atoms. The predicted molar refractivity (Wildman–Crippen MR) is 139 cm³/mol. The molecule has 5 rings (SSSR count). The van der Waals surface area contributed by atoms with E-state index in [4.69, 9.17) is 9.47 Å². The van der Waals surface area contributed by atoms with Gasteiger partial charge in [-0.3, -0.25) is 14.9 Å². The smallest absolute Gasteiger partial charge is 0.414 e. The fourth-order valence-corrected chi connectivity index (χ4v) is 9.40. The number of hydrogen-bond acceptors (Lipinski definition) is 6. The summed E-state index contributed by atoms with van der Waals surface area (Å²) in [6.45, 7) is 12.9. The van der Waals surface area contributed by atoms with E-state index in [9.17, 15) is 14.4 Å². The second-order valence-electron chi connectivity index (χ2n) is 13.1. The third kappa shape index (κ3) is 3.97. The van der Waals surface area contributed by atoms with Gasteiger partial charge >= 0.3 is 6.09 Å². The molecule has 1 N–H and O–H groups in total. The Bertz CT molecular complexity index is 1030. The number of nitrogens with zero attached hydrogens (tertiary/aromatic N) is 1. The first-order chi connectivity index (χ1) is 17.5. The van der Waals surface area contributed by atoms with E-state index in [-0.39, 0.29) is 46.9 Å². The van der Waals surface area contributed by atoms with Crippen molar-refractivity contribution in [1.82, 2.24) is 10.2 Å². The maximum absolute atomic E-state index is 14.1. The van der Waals surface area contributed by atoms with Crippen molar-refractivity contribution in [2.45, 2.75) is 85.4 Å². The maximum Gasteiger partial charge on any atom is 0.414 e. The minimum atomic E-state index is -0.928. The minimum Gasteiger partial charge on any atom is -0.445 e. The number of hydrogen-bond donors (Lipinski definition) is 1. The van der Waals surface area contributed by atoms with Crippen molar-refractivity contribution < 1.29 is 23.9 Å². The number of carbonyl (C=O) groups is 3. The van der Waals surface area contributed by atoms with Crippen LogP contribution in [0.25, 0.3) is 0 Å². The Balaban J connectivity index is 1.49. The molecule has 2 saturated heterocycles. The van der Waals surface area contributed by atoms with Gasteiger partial charge in [0, 0.05) is 43.9 Å². The molecule has 3 aliphatic carbocycles. The second kappa shape index (κ2) is 9.38. The number of fused-ring (bicyclic) bond motifs is 2. The van der Waals surface area contributed by atoms with Gasteiger partial charge in [-0.05, 0) is 69.7 Å². The normalized spacial score (nSPS) is 48.3. The molecule has 11 atom stereocenters. The van der Waals surface area contributed by atoms with Crippen LogP contribution in [0.1, 0.15) is 73.1 Å². The van der Waals surface area contributed by atoms with E-state index in [2.05, 4.69) is 42.8 Å². The quantitative estimate of drug-likeness (QED) is 0.575. The lowest BCUT2D eigenvalue weighted by atomic mass is 9.44. The van der Waals surface area contributed by atoms with Crippen LogP contribution in [0.3, 0.4) is 0 Å². The zero-order valence-electron chi connectivity index (χ0n) is 23.4. The monoisotopic (exact) mass is 512 g/mol. The van der Waals surface area contributed by atoms with E-state index < -0.39 is 23.0 Å². The lowest BCUT2D eigenvalue weighted by Gasteiger charge is -2.61. The number of nitrogens with one attached hydrogen (secondary N) is 1. The average Bonchev–Trinajstić information content (AvgIpc) is 3.59. The van der Waals surface area contributed by atoms with E-state index in [0.717, 1.165) is 45.2 Å². The van der Waals surface area contributed by atoms with Gasteiger partial charge in [-0.2, -0.15) is 0 Å². The number of rotatable bonds is 3. The first kappa shape index (κ1) is 26.7. The number of alkyl carbamates (subject to hydrolysis) is 1. The van der Waals surface area contributed by atoms with E-state index in [1.807, 2.05) is 6.92 Å². The van der Waals surface area contributed by atoms with Gasteiger partial charge < -0.3 is 14.4 Å². The highest BCUT2D eigenvalue weighted by molar-refractivity contribution is 5.94. The molecular weight excluding hydrogens is 468 g/mol. The molecule has 3 saturated carbocycles. The van der Waals surface area contributed by atoms with Crippen LogP contribution in [0.15, 0.2) is 0 Å². The molecule has 0 spiro atoms. The van der Waals surface area contributed by atoms with E-state index >= 15 is 0 Å². The molecule has 7 nitrogen and oxygen atoms in total. The fourth-order valence-electron chi connectivity index (χ4n) is 9.40. The molecule has 2 heterocycles. The van der Waals surface area contributed by atoms with E-state index in [1.54, 1.807) is 14.0 Å². The Morgan fingerprint density at radius 1 is 1.11 bits per heavy atom. The maximum atomic E-state index is 14.1. The van der Waals surface area contributed by atoms with Crippen LogP contribution in [0.5, 0.6) is 0 Å². The van der Waals surface area contributed by atoms with Gasteiger partial charge in [0.2, 0.25) is 5.91 Å². The number of amides is 2. The molecular formula is C30H44N2O5. The first-order valence-electron chi connectivity index (χ1n) is 14.2. The average molecular weight is 513 g/mol. The fraction of sp³-hybridized carbons (Fsp3) is 0.833. The van der Waals surface area contributed by atoms with Crippen LogP contribution < -0.4 is 5.32 Å². The molecule has 5 fully saturated rings. The molecule has 0 aromatic rings. The Morgan fingerprint density at radius 2 is 1.84 bits per heavy atom. The summed E-state index contributed by atoms with van der Waals surface area (Å²) >= 11 is 0. The molecule has 0 aromatic heterocycles. The third-order valence-corrected chi connectivity index (χ3v) is 11.6. The minimum absolute atomic E-state index is 0.00324. The summed E-state index contributed by atoms with van der Waals surface area (Å²) < 4.78 is 12.3. The highest BCUT2D eigenvalue weighted by Gasteiger charge is 2.68. The van der Waals surface area contributed by atoms with Crippen LogP contribution in [-0.2, 0) is 19.1 Å². The Morgan fingerprint density at radius 3 is 2.46 bits per heavy atom. The van der Waals surface area contributed by atoms with Crippen molar-refractivity contribution in [2.24, 2.45) is 45.8 Å². The molecule has 3 unspecified atom stereocenters. The summed E-state index contributed by atoms with van der Waals surface area (Å²) in [5, 5.41) is 2.58. The number of piperidine rings is 1. The topological polar surface area (TPSA) is 84.9 Å². The molecule has 0 radical (unpaired) electrons. The first-order valence-corrected chi connectivity index (χ1v) is 14.2. The van der Waals surface area contributed by atoms with Crippen molar-refractivity contribution >= 4 is 17.8 Å². The number of carbonyl (C=O) groups excluding carboxylic acids is 3. The summed E-state index contributed by atoms with van der Waals surface area (Å²) in [6, 6.07) is 0. The number of ether oxygens (including phenoxy) is 2. The number of ketones is 1. The highest BCUT2D eigenvalue weighted by atomic mass is 16.6. The van der Waals surface area contributed by atoms with Gasteiger partial charge in [0.25, 0.3) is 0 Å². The summed E-state index contributed by atoms with van der Waals surface area (Å²) in [5.74, 6) is 6.45. The Kier molecular flexibility index (Phi) is 6.76. The highest BCUT2D eigenvalue weighted by Crippen LogP contribution is 2.68. The van der Waals surface area contributed by atoms with E-state index in [0.29, 0.717) is 18.9 Å². The summed E-state index contributed by atoms with van der Waals surface area (Å²) in [7, 11) is 1.76. The van der Waals surface area contributed by atoms with Gasteiger partial charge in [0.15, 0.2) is 5.78 Å². The van der Waals surface area contributed by atoms with Crippen molar-refractivity contribution in [1.29, 1.82) is 0 Å². The summed E-state index contributed by atoms with van der Waals surface area (Å²) in [5.41, 5.74) is -1.55. The molecule has 7 heteroatoms. The molecule has 204 valence electrons. The Hall–Kier alpha value is -1.91. The Labute approximate surface area is 221 Å². The zero-order valence-corrected chi connectivity index (χ0v) is 23.4. The van der Waals surface area contributed by atoms with Crippen LogP contribution >= 0.6 is 0 Å². The van der Waals surface area contributed by atoms with Crippen molar-refractivity contribution in [3.8, 4) is 11.8 Å². The van der Waals surface area contributed by atoms with Gasteiger partial charge in [0.1, 0.15) is 6.10 Å². The van der Waals surface area contributed by atoms with Gasteiger partial charge in [-0.15, -0.1) is 5.92 Å². The summed E-state index contributed by atoms with van der Waals surface area (Å²) in [6.07, 6.45) is 3.82. The number of imide groups is 1. The van der Waals surface area contributed by atoms with Crippen LogP contribution in [0.4, 0.5) is 4.79 Å². The lowest BCUT2D eigenvalue weighted by Crippen LogP contribution is -2.63. The van der Waals surface area contributed by atoms with Gasteiger partial charge in [0.05, 0.1) is 17.4 Å². The van der Waals surface area contributed by atoms with Crippen LogP contribution in [0, 0.1) is 57.7 Å². The van der Waals surface area contributed by atoms with Gasteiger partial charge in [-0.25, -0.2) is 4.79 Å². The number of methoxy groups -OCH3 is 1. The van der Waals surface area contributed by atoms with Crippen LogP contribution in [0.2, 0.25) is 0 Å². The molecule has 0 aromatic carbocycles. The predicted octanol–water partition coefficient (Wildman–Crippen LogP) is 4.05. The molecule has 2 amide bonds. The van der Waals surface area contributed by atoms with Crippen molar-refractivity contribution in [3.63, 3.8) is 0 Å². The van der Waals surface area contributed by atoms with Gasteiger partial charge in [-0.1, -0.05) is 26.7 Å². The van der Waals surface area contributed by atoms with E-state index in [1.165, 1.54) is 0 Å². The standard InChI is InChI=1S/C30H44N2O5/c1-7-11-28(4)15-23(37-27(35)31-26(34)21-17-32-14-10-20(21)16-32)29(5)18(2)8-12-30(19(3)25(28)33)13-9-22(36-6)24(29)30/h18-24H,8-10,12-17H2,1-6H3,(H,31,34,35)/t18-,19+,20+,21+,22-,23-,24?,28-,29+,30?/m1/s1.